The number of nitriles is 1. The highest BCUT2D eigenvalue weighted by molar-refractivity contribution is 5.55. The van der Waals surface area contributed by atoms with Gasteiger partial charge in [-0.2, -0.15) is 5.26 Å². The molecule has 0 saturated heterocycles. The molecule has 1 heterocycles. The molecule has 0 radical (unpaired) electrons. The summed E-state index contributed by atoms with van der Waals surface area (Å²) in [5.41, 5.74) is 3.83. The normalized spacial score (nSPS) is 10.1. The van der Waals surface area contributed by atoms with E-state index in [1.165, 1.54) is 0 Å². The summed E-state index contributed by atoms with van der Waals surface area (Å²) < 4.78 is 5.48. The summed E-state index contributed by atoms with van der Waals surface area (Å²) in [6, 6.07) is 12.2. The molecule has 2 aromatic rings. The number of anilines is 1. The minimum atomic E-state index is 0.597. The summed E-state index contributed by atoms with van der Waals surface area (Å²) in [5.74, 6) is 0.628. The molecule has 0 spiro atoms. The van der Waals surface area contributed by atoms with Crippen LogP contribution in [-0.2, 0) is 17.9 Å². The van der Waals surface area contributed by atoms with Crippen LogP contribution in [0.25, 0.3) is 0 Å². The summed E-state index contributed by atoms with van der Waals surface area (Å²) in [6.45, 7) is 5.81. The van der Waals surface area contributed by atoms with Gasteiger partial charge in [0.2, 0.25) is 0 Å². The van der Waals surface area contributed by atoms with Crippen LogP contribution in [0.5, 0.6) is 0 Å². The van der Waals surface area contributed by atoms with E-state index in [2.05, 4.69) is 28.5 Å². The van der Waals surface area contributed by atoms with Gasteiger partial charge < -0.3 is 10.1 Å². The van der Waals surface area contributed by atoms with Crippen molar-refractivity contribution in [3.8, 4) is 6.07 Å². The number of ether oxygens (including phenoxy) is 1. The van der Waals surface area contributed by atoms with Crippen LogP contribution >= 0.6 is 0 Å². The molecule has 4 heteroatoms. The van der Waals surface area contributed by atoms with Crippen molar-refractivity contribution in [1.29, 1.82) is 5.26 Å². The maximum absolute atomic E-state index is 9.22. The third-order valence-corrected chi connectivity index (χ3v) is 3.30. The lowest BCUT2D eigenvalue weighted by atomic mass is 10.1. The zero-order valence-corrected chi connectivity index (χ0v) is 12.4. The van der Waals surface area contributed by atoms with Gasteiger partial charge in [-0.25, -0.2) is 4.98 Å². The summed E-state index contributed by atoms with van der Waals surface area (Å²) in [7, 11) is 0. The Kier molecular flexibility index (Phi) is 5.30. The second-order valence-electron chi connectivity index (χ2n) is 4.72. The molecule has 0 amide bonds. The van der Waals surface area contributed by atoms with Gasteiger partial charge >= 0.3 is 0 Å². The largest absolute Gasteiger partial charge is 0.377 e. The van der Waals surface area contributed by atoms with Crippen LogP contribution in [0.1, 0.15) is 29.2 Å². The van der Waals surface area contributed by atoms with E-state index in [4.69, 9.17) is 4.74 Å². The second-order valence-corrected chi connectivity index (χ2v) is 4.72. The van der Waals surface area contributed by atoms with Crippen LogP contribution < -0.4 is 5.32 Å². The molecule has 21 heavy (non-hydrogen) atoms. The molecule has 0 aliphatic rings. The van der Waals surface area contributed by atoms with Crippen molar-refractivity contribution in [1.82, 2.24) is 4.98 Å². The molecule has 0 saturated carbocycles. The molecule has 1 aromatic carbocycles. The molecule has 0 bridgehead atoms. The molecule has 0 atom stereocenters. The van der Waals surface area contributed by atoms with Gasteiger partial charge in [-0.1, -0.05) is 24.3 Å². The molecule has 0 fully saturated rings. The third-order valence-electron chi connectivity index (χ3n) is 3.30. The van der Waals surface area contributed by atoms with Crippen LogP contribution in [0.2, 0.25) is 0 Å². The Bertz CT molecular complexity index is 647. The first-order valence-electron chi connectivity index (χ1n) is 7.00. The minimum Gasteiger partial charge on any atom is -0.377 e. The first-order valence-corrected chi connectivity index (χ1v) is 7.00. The average Bonchev–Trinajstić information content (AvgIpc) is 2.51. The average molecular weight is 281 g/mol. The zero-order valence-electron chi connectivity index (χ0n) is 12.4. The number of nitrogens with one attached hydrogen (secondary N) is 1. The highest BCUT2D eigenvalue weighted by atomic mass is 16.5. The number of aromatic nitrogens is 1. The minimum absolute atomic E-state index is 0.597. The zero-order chi connectivity index (χ0) is 15.1. The quantitative estimate of drug-likeness (QED) is 0.881. The molecule has 0 unspecified atom stereocenters. The smallest absolute Gasteiger partial charge is 0.144 e. The van der Waals surface area contributed by atoms with Gasteiger partial charge in [-0.3, -0.25) is 0 Å². The maximum atomic E-state index is 9.22. The third kappa shape index (κ3) is 3.80. The Morgan fingerprint density at radius 2 is 2.00 bits per heavy atom. The van der Waals surface area contributed by atoms with Gasteiger partial charge in [0.25, 0.3) is 0 Å². The fourth-order valence-corrected chi connectivity index (χ4v) is 2.10. The highest BCUT2D eigenvalue weighted by Crippen LogP contribution is 2.17. The predicted molar refractivity (Wildman–Crippen MR) is 82.8 cm³/mol. The molecule has 0 aliphatic heterocycles. The lowest BCUT2D eigenvalue weighted by Crippen LogP contribution is -2.07. The van der Waals surface area contributed by atoms with Crippen LogP contribution in [0, 0.1) is 18.3 Å². The van der Waals surface area contributed by atoms with E-state index in [1.54, 1.807) is 6.20 Å². The van der Waals surface area contributed by atoms with E-state index in [1.807, 2.05) is 32.0 Å². The number of benzene rings is 1. The Hall–Kier alpha value is -2.38. The fraction of sp³-hybridized carbons (Fsp3) is 0.294. The van der Waals surface area contributed by atoms with Gasteiger partial charge in [0.1, 0.15) is 11.9 Å². The van der Waals surface area contributed by atoms with E-state index in [-0.39, 0.29) is 0 Å². The standard InChI is InChI=1S/C17H19N3O/c1-3-21-12-15-7-5-4-6-14(15)11-20-17-16(10-18)13(2)8-9-19-17/h4-9H,3,11-12H2,1-2H3,(H,19,20). The van der Waals surface area contributed by atoms with Crippen molar-refractivity contribution in [2.75, 3.05) is 11.9 Å². The molecule has 0 aliphatic carbocycles. The van der Waals surface area contributed by atoms with Crippen molar-refractivity contribution < 1.29 is 4.74 Å². The molecule has 108 valence electrons. The van der Waals surface area contributed by atoms with Gasteiger partial charge in [-0.05, 0) is 36.6 Å². The first kappa shape index (κ1) is 15.0. The molecule has 1 aromatic heterocycles. The van der Waals surface area contributed by atoms with Gasteiger partial charge in [-0.15, -0.1) is 0 Å². The fourth-order valence-electron chi connectivity index (χ4n) is 2.10. The number of pyridine rings is 1. The topological polar surface area (TPSA) is 57.9 Å². The number of nitrogens with zero attached hydrogens (tertiary/aromatic N) is 2. The Balaban J connectivity index is 2.14. The molecular formula is C17H19N3O. The van der Waals surface area contributed by atoms with Crippen molar-refractivity contribution >= 4 is 5.82 Å². The summed E-state index contributed by atoms with van der Waals surface area (Å²) in [4.78, 5) is 4.25. The first-order chi connectivity index (χ1) is 10.3. The van der Waals surface area contributed by atoms with Gasteiger partial charge in [0.05, 0.1) is 12.2 Å². The van der Waals surface area contributed by atoms with Crippen LogP contribution in [0.4, 0.5) is 5.82 Å². The van der Waals surface area contributed by atoms with E-state index in [0.29, 0.717) is 31.1 Å². The Morgan fingerprint density at radius 1 is 1.24 bits per heavy atom. The second kappa shape index (κ2) is 7.41. The van der Waals surface area contributed by atoms with Gasteiger partial charge in [0, 0.05) is 19.3 Å². The van der Waals surface area contributed by atoms with E-state index in [9.17, 15) is 5.26 Å². The Morgan fingerprint density at radius 3 is 2.71 bits per heavy atom. The number of rotatable bonds is 6. The number of hydrogen-bond donors (Lipinski definition) is 1. The van der Waals surface area contributed by atoms with Crippen molar-refractivity contribution in [2.24, 2.45) is 0 Å². The van der Waals surface area contributed by atoms with Crippen molar-refractivity contribution in [2.45, 2.75) is 27.0 Å². The van der Waals surface area contributed by atoms with Crippen LogP contribution in [0.15, 0.2) is 36.5 Å². The summed E-state index contributed by atoms with van der Waals surface area (Å²) in [6.07, 6.45) is 1.71. The predicted octanol–water partition coefficient (Wildman–Crippen LogP) is 3.41. The number of hydrogen-bond acceptors (Lipinski definition) is 4. The monoisotopic (exact) mass is 281 g/mol. The molecule has 2 rings (SSSR count). The van der Waals surface area contributed by atoms with Crippen LogP contribution in [-0.4, -0.2) is 11.6 Å². The van der Waals surface area contributed by atoms with Crippen molar-refractivity contribution in [3.05, 3.63) is 58.8 Å². The highest BCUT2D eigenvalue weighted by Gasteiger charge is 2.07. The maximum Gasteiger partial charge on any atom is 0.144 e. The van der Waals surface area contributed by atoms with E-state index < -0.39 is 0 Å². The van der Waals surface area contributed by atoms with Crippen molar-refractivity contribution in [3.63, 3.8) is 0 Å². The molecular weight excluding hydrogens is 262 g/mol. The molecule has 1 N–H and O–H groups in total. The Labute approximate surface area is 125 Å². The number of aryl methyl sites for hydroxylation is 1. The van der Waals surface area contributed by atoms with Crippen LogP contribution in [0.3, 0.4) is 0 Å². The summed E-state index contributed by atoms with van der Waals surface area (Å²) in [5, 5.41) is 12.5. The lowest BCUT2D eigenvalue weighted by Gasteiger charge is -2.12. The van der Waals surface area contributed by atoms with E-state index >= 15 is 0 Å². The molecule has 4 nitrogen and oxygen atoms in total. The SMILES string of the molecule is CCOCc1ccccc1CNc1nccc(C)c1C#N. The van der Waals surface area contributed by atoms with E-state index in [0.717, 1.165) is 16.7 Å². The summed E-state index contributed by atoms with van der Waals surface area (Å²) >= 11 is 0. The van der Waals surface area contributed by atoms with Gasteiger partial charge in [0.15, 0.2) is 0 Å². The lowest BCUT2D eigenvalue weighted by molar-refractivity contribution is 0.133.